The second-order valence-electron chi connectivity index (χ2n) is 8.23. The molecule has 10 nitrogen and oxygen atoms in total. The van der Waals surface area contributed by atoms with Crippen LogP contribution in [0.3, 0.4) is 0 Å². The van der Waals surface area contributed by atoms with Gasteiger partial charge in [0.2, 0.25) is 24.0 Å². The summed E-state index contributed by atoms with van der Waals surface area (Å²) in [5.41, 5.74) is 0.592. The molecule has 2 fully saturated rings. The molecule has 1 aromatic rings. The van der Waals surface area contributed by atoms with Gasteiger partial charge < -0.3 is 19.5 Å². The smallest absolute Gasteiger partial charge is 0.396 e. The first-order chi connectivity index (χ1) is 15.9. The van der Waals surface area contributed by atoms with Crippen LogP contribution in [0.5, 0.6) is 0 Å². The highest BCUT2D eigenvalue weighted by Crippen LogP contribution is 2.33. The predicted octanol–water partition coefficient (Wildman–Crippen LogP) is 0.191. The zero-order chi connectivity index (χ0) is 23.0. The maximum Gasteiger partial charge on any atom is 0.450 e. The molecule has 0 bridgehead atoms. The molecule has 1 aliphatic carbocycles. The van der Waals surface area contributed by atoms with Crippen LogP contribution in [0.1, 0.15) is 17.2 Å². The lowest BCUT2D eigenvalue weighted by atomic mass is 9.97. The Kier molecular flexibility index (Phi) is 6.12. The summed E-state index contributed by atoms with van der Waals surface area (Å²) in [6.45, 7) is 4.18. The van der Waals surface area contributed by atoms with Crippen LogP contribution in [0, 0.1) is 5.92 Å². The van der Waals surface area contributed by atoms with E-state index >= 15 is 0 Å². The van der Waals surface area contributed by atoms with Gasteiger partial charge in [0.1, 0.15) is 0 Å². The number of imidazole rings is 1. The number of hydrogen-bond acceptors (Lipinski definition) is 9. The highest BCUT2D eigenvalue weighted by Gasteiger charge is 2.42. The van der Waals surface area contributed by atoms with E-state index in [9.17, 15) is 18.3 Å². The average molecular weight is 469 g/mol. The summed E-state index contributed by atoms with van der Waals surface area (Å²) in [5, 5.41) is 12.5. The van der Waals surface area contributed by atoms with E-state index < -0.39 is 18.3 Å². The number of nitrogens with zero attached hydrogens (tertiary/aromatic N) is 6. The molecule has 0 saturated carbocycles. The molecule has 2 N–H and O–H groups in total. The normalized spacial score (nSPS) is 26.5. The van der Waals surface area contributed by atoms with Crippen molar-refractivity contribution in [2.75, 3.05) is 59.2 Å². The molecule has 1 unspecified atom stereocenters. The molecule has 4 aliphatic rings. The van der Waals surface area contributed by atoms with E-state index in [1.807, 2.05) is 9.80 Å². The molecule has 3 aliphatic heterocycles. The highest BCUT2D eigenvalue weighted by atomic mass is 19.4. The Hall–Kier alpha value is -2.48. The maximum absolute atomic E-state index is 14.0. The van der Waals surface area contributed by atoms with Gasteiger partial charge in [-0.25, -0.2) is 15.0 Å². The topological polar surface area (TPSA) is 99.7 Å². The van der Waals surface area contributed by atoms with Crippen molar-refractivity contribution < 1.29 is 27.8 Å². The van der Waals surface area contributed by atoms with Crippen LogP contribution in [-0.2, 0) is 22.1 Å². The number of halogens is 3. The van der Waals surface area contributed by atoms with Gasteiger partial charge in [-0.05, 0) is 6.08 Å². The number of guanidine groups is 1. The number of aromatic nitrogens is 2. The zero-order valence-electron chi connectivity index (χ0n) is 18.0. The maximum atomic E-state index is 14.0. The minimum absolute atomic E-state index is 0.0242. The lowest BCUT2D eigenvalue weighted by molar-refractivity contribution is -0.145. The lowest BCUT2D eigenvalue weighted by Gasteiger charge is -2.37. The summed E-state index contributed by atoms with van der Waals surface area (Å²) in [6.07, 6.45) is -1.86. The minimum Gasteiger partial charge on any atom is -0.396 e. The van der Waals surface area contributed by atoms with Crippen molar-refractivity contribution in [2.24, 2.45) is 15.9 Å². The van der Waals surface area contributed by atoms with Gasteiger partial charge in [-0.2, -0.15) is 13.2 Å². The Labute approximate surface area is 188 Å². The number of aliphatic hydroxyl groups is 1. The highest BCUT2D eigenvalue weighted by molar-refractivity contribution is 6.02. The monoisotopic (exact) mass is 469 g/mol. The molecule has 0 spiro atoms. The Bertz CT molecular complexity index is 963. The molecule has 33 heavy (non-hydrogen) atoms. The van der Waals surface area contributed by atoms with Crippen LogP contribution >= 0.6 is 0 Å². The fraction of sp³-hybridized carbons (Fsp3) is 0.650. The molecule has 4 heterocycles. The molecule has 13 heteroatoms. The van der Waals surface area contributed by atoms with Crippen molar-refractivity contribution in [1.82, 2.24) is 24.7 Å². The quantitative estimate of drug-likeness (QED) is 0.638. The van der Waals surface area contributed by atoms with Crippen molar-refractivity contribution in [1.29, 1.82) is 0 Å². The summed E-state index contributed by atoms with van der Waals surface area (Å²) in [4.78, 5) is 17.2. The van der Waals surface area contributed by atoms with Crippen molar-refractivity contribution in [3.05, 3.63) is 23.3 Å². The number of fused-ring (bicyclic) bond motifs is 1. The van der Waals surface area contributed by atoms with Crippen molar-refractivity contribution >= 4 is 18.0 Å². The second-order valence-corrected chi connectivity index (χ2v) is 8.23. The predicted molar refractivity (Wildman–Crippen MR) is 113 cm³/mol. The Morgan fingerprint density at radius 2 is 1.70 bits per heavy atom. The van der Waals surface area contributed by atoms with E-state index in [4.69, 9.17) is 14.5 Å². The van der Waals surface area contributed by atoms with E-state index in [2.05, 4.69) is 15.3 Å². The fourth-order valence-corrected chi connectivity index (χ4v) is 4.31. The van der Waals surface area contributed by atoms with E-state index in [0.717, 1.165) is 4.57 Å². The summed E-state index contributed by atoms with van der Waals surface area (Å²) < 4.78 is 54.0. The molecule has 1 aromatic heterocycles. The number of nitrogens with one attached hydrogen (secondary N) is 1. The first-order valence-corrected chi connectivity index (χ1v) is 11.0. The van der Waals surface area contributed by atoms with Crippen molar-refractivity contribution in [2.45, 2.75) is 18.9 Å². The standard InChI is InChI=1S/C20H26F3N7O3/c21-20(22,23)16-24-14-11-13(12-31)1-2-15(14)30(16)19-26-17(28-3-7-32-8-4-28)25-18(27-19)29-5-9-33-10-6-29/h1-2,13,17,31H,3-12H2,(H,25,26,27)/t13?,17-/m0/s1. The van der Waals surface area contributed by atoms with Gasteiger partial charge in [-0.1, -0.05) is 6.08 Å². The molecule has 0 radical (unpaired) electrons. The summed E-state index contributed by atoms with van der Waals surface area (Å²) >= 11 is 0. The first kappa shape index (κ1) is 22.3. The van der Waals surface area contributed by atoms with Gasteiger partial charge in [-0.15, -0.1) is 0 Å². The number of alkyl halides is 3. The van der Waals surface area contributed by atoms with Crippen molar-refractivity contribution in [3.63, 3.8) is 0 Å². The number of rotatable bonds is 2. The number of ether oxygens (including phenoxy) is 2. The van der Waals surface area contributed by atoms with Crippen LogP contribution in [0.25, 0.3) is 6.08 Å². The number of aliphatic hydroxyl groups excluding tert-OH is 1. The van der Waals surface area contributed by atoms with Gasteiger partial charge in [0.15, 0.2) is 0 Å². The van der Waals surface area contributed by atoms with Crippen molar-refractivity contribution in [3.8, 4) is 0 Å². The number of hydrogen-bond donors (Lipinski definition) is 2. The largest absolute Gasteiger partial charge is 0.450 e. The van der Waals surface area contributed by atoms with Crippen LogP contribution in [-0.4, -0.2) is 102 Å². The summed E-state index contributed by atoms with van der Waals surface area (Å²) in [7, 11) is 0. The number of aliphatic imine (C=N–C) groups is 2. The van der Waals surface area contributed by atoms with Gasteiger partial charge >= 0.3 is 6.18 Å². The third-order valence-electron chi connectivity index (χ3n) is 6.05. The summed E-state index contributed by atoms with van der Waals surface area (Å²) in [5.74, 6) is -0.833. The van der Waals surface area contributed by atoms with Gasteiger partial charge in [0, 0.05) is 45.1 Å². The van der Waals surface area contributed by atoms with E-state index in [1.165, 1.54) is 0 Å². The molecule has 2 saturated heterocycles. The summed E-state index contributed by atoms with van der Waals surface area (Å²) in [6, 6.07) is 0. The van der Waals surface area contributed by atoms with Gasteiger partial charge in [0.25, 0.3) is 0 Å². The molecule has 0 amide bonds. The zero-order valence-corrected chi connectivity index (χ0v) is 18.0. The molecular weight excluding hydrogens is 443 g/mol. The third-order valence-corrected chi connectivity index (χ3v) is 6.05. The Balaban J connectivity index is 1.57. The minimum atomic E-state index is -4.69. The average Bonchev–Trinajstić information content (AvgIpc) is 3.24. The van der Waals surface area contributed by atoms with E-state index in [-0.39, 0.29) is 30.6 Å². The molecular formula is C20H26F3N7O3. The fourth-order valence-electron chi connectivity index (χ4n) is 4.31. The first-order valence-electron chi connectivity index (χ1n) is 11.0. The van der Waals surface area contributed by atoms with Crippen LogP contribution in [0.2, 0.25) is 0 Å². The van der Waals surface area contributed by atoms with E-state index in [1.54, 1.807) is 12.2 Å². The molecule has 2 atom stereocenters. The molecule has 180 valence electrons. The molecule has 5 rings (SSSR count). The Morgan fingerprint density at radius 3 is 2.36 bits per heavy atom. The van der Waals surface area contributed by atoms with E-state index in [0.29, 0.717) is 64.3 Å². The molecule has 0 aromatic carbocycles. The second kappa shape index (κ2) is 9.05. The number of morpholine rings is 2. The van der Waals surface area contributed by atoms with Gasteiger partial charge in [0.05, 0.1) is 37.8 Å². The van der Waals surface area contributed by atoms with Crippen LogP contribution in [0.15, 0.2) is 16.1 Å². The van der Waals surface area contributed by atoms with Gasteiger partial charge in [-0.3, -0.25) is 14.8 Å². The third kappa shape index (κ3) is 4.50. The van der Waals surface area contributed by atoms with Crippen LogP contribution in [0.4, 0.5) is 13.2 Å². The lowest BCUT2D eigenvalue weighted by Crippen LogP contribution is -2.55. The SMILES string of the molecule is OCC1C=Cc2c(nc(C(F)(F)F)n2C2=N[C@@H](N3CCOCC3)N=C(N3CCOCC3)N2)C1. The van der Waals surface area contributed by atoms with Crippen LogP contribution < -0.4 is 5.32 Å². The Morgan fingerprint density at radius 1 is 1.03 bits per heavy atom.